The average Bonchev–Trinajstić information content (AvgIpc) is 2.71. The zero-order valence-corrected chi connectivity index (χ0v) is 10.6. The van der Waals surface area contributed by atoms with Crippen molar-refractivity contribution in [2.75, 3.05) is 33.2 Å². The second kappa shape index (κ2) is 4.42. The molecular formula is C13H26N2. The first-order valence-electron chi connectivity index (χ1n) is 6.54. The van der Waals surface area contributed by atoms with Gasteiger partial charge in [0.25, 0.3) is 0 Å². The molecule has 2 aliphatic rings. The first kappa shape index (κ1) is 11.4. The minimum absolute atomic E-state index is 0.576. The molecule has 1 aliphatic carbocycles. The summed E-state index contributed by atoms with van der Waals surface area (Å²) in [6.07, 6.45) is 4.15. The van der Waals surface area contributed by atoms with E-state index in [9.17, 15) is 0 Å². The molecule has 1 aliphatic heterocycles. The largest absolute Gasteiger partial charge is 0.316 e. The summed E-state index contributed by atoms with van der Waals surface area (Å²) in [5.41, 5.74) is 0.576. The molecule has 0 bridgehead atoms. The molecule has 88 valence electrons. The van der Waals surface area contributed by atoms with Crippen LogP contribution in [0.1, 0.15) is 33.1 Å². The van der Waals surface area contributed by atoms with Crippen LogP contribution in [0.25, 0.3) is 0 Å². The van der Waals surface area contributed by atoms with Crippen LogP contribution in [-0.4, -0.2) is 38.1 Å². The van der Waals surface area contributed by atoms with Crippen molar-refractivity contribution in [1.29, 1.82) is 0 Å². The Morgan fingerprint density at radius 2 is 2.20 bits per heavy atom. The van der Waals surface area contributed by atoms with E-state index in [4.69, 9.17) is 0 Å². The fourth-order valence-electron chi connectivity index (χ4n) is 3.03. The highest BCUT2D eigenvalue weighted by atomic mass is 15.1. The standard InChI is InChI=1S/C13H26N2/c1-4-13(5-6-14-9-13)10-15(3)8-12-7-11(12)2/h11-12,14H,4-10H2,1-3H3. The number of rotatable bonds is 5. The van der Waals surface area contributed by atoms with Crippen molar-refractivity contribution in [1.82, 2.24) is 10.2 Å². The molecule has 2 rings (SSSR count). The summed E-state index contributed by atoms with van der Waals surface area (Å²) in [7, 11) is 2.31. The van der Waals surface area contributed by atoms with E-state index in [0.717, 1.165) is 11.8 Å². The molecule has 0 radical (unpaired) electrons. The molecule has 3 atom stereocenters. The third-order valence-electron chi connectivity index (χ3n) is 4.51. The molecule has 1 saturated carbocycles. The van der Waals surface area contributed by atoms with Crippen LogP contribution in [0.4, 0.5) is 0 Å². The van der Waals surface area contributed by atoms with E-state index >= 15 is 0 Å². The minimum Gasteiger partial charge on any atom is -0.316 e. The van der Waals surface area contributed by atoms with E-state index in [1.807, 2.05) is 0 Å². The smallest absolute Gasteiger partial charge is 0.00476 e. The van der Waals surface area contributed by atoms with Gasteiger partial charge in [0.05, 0.1) is 0 Å². The van der Waals surface area contributed by atoms with Gasteiger partial charge < -0.3 is 10.2 Å². The maximum Gasteiger partial charge on any atom is 0.00476 e. The van der Waals surface area contributed by atoms with E-state index in [0.29, 0.717) is 5.41 Å². The number of hydrogen-bond donors (Lipinski definition) is 1. The van der Waals surface area contributed by atoms with E-state index in [1.165, 1.54) is 45.4 Å². The van der Waals surface area contributed by atoms with Gasteiger partial charge in [0.2, 0.25) is 0 Å². The Balaban J connectivity index is 1.78. The van der Waals surface area contributed by atoms with Crippen molar-refractivity contribution in [2.45, 2.75) is 33.1 Å². The van der Waals surface area contributed by atoms with E-state index in [-0.39, 0.29) is 0 Å². The van der Waals surface area contributed by atoms with Gasteiger partial charge in [-0.1, -0.05) is 13.8 Å². The molecule has 1 heterocycles. The Bertz CT molecular complexity index is 209. The molecule has 2 nitrogen and oxygen atoms in total. The summed E-state index contributed by atoms with van der Waals surface area (Å²) in [6, 6.07) is 0. The van der Waals surface area contributed by atoms with Gasteiger partial charge in [-0.25, -0.2) is 0 Å². The van der Waals surface area contributed by atoms with Crippen molar-refractivity contribution < 1.29 is 0 Å². The van der Waals surface area contributed by atoms with Gasteiger partial charge in [-0.15, -0.1) is 0 Å². The normalized spacial score (nSPS) is 40.0. The Hall–Kier alpha value is -0.0800. The predicted molar refractivity (Wildman–Crippen MR) is 65.0 cm³/mol. The number of hydrogen-bond acceptors (Lipinski definition) is 2. The zero-order chi connectivity index (χ0) is 10.9. The van der Waals surface area contributed by atoms with Crippen LogP contribution in [0.3, 0.4) is 0 Å². The average molecular weight is 210 g/mol. The van der Waals surface area contributed by atoms with Crippen LogP contribution in [0.2, 0.25) is 0 Å². The van der Waals surface area contributed by atoms with Crippen LogP contribution in [0.5, 0.6) is 0 Å². The molecule has 0 aromatic carbocycles. The molecule has 15 heavy (non-hydrogen) atoms. The Morgan fingerprint density at radius 3 is 2.67 bits per heavy atom. The third-order valence-corrected chi connectivity index (χ3v) is 4.51. The van der Waals surface area contributed by atoms with Crippen molar-refractivity contribution in [3.8, 4) is 0 Å². The van der Waals surface area contributed by atoms with Gasteiger partial charge >= 0.3 is 0 Å². The Labute approximate surface area is 94.4 Å². The van der Waals surface area contributed by atoms with Gasteiger partial charge in [-0.05, 0) is 50.1 Å². The van der Waals surface area contributed by atoms with Crippen LogP contribution >= 0.6 is 0 Å². The lowest BCUT2D eigenvalue weighted by molar-refractivity contribution is 0.178. The topological polar surface area (TPSA) is 15.3 Å². The SMILES string of the molecule is CCC1(CN(C)CC2CC2C)CCNC1. The summed E-state index contributed by atoms with van der Waals surface area (Å²) < 4.78 is 0. The molecule has 0 amide bonds. The predicted octanol–water partition coefficient (Wildman–Crippen LogP) is 1.96. The fourth-order valence-corrected chi connectivity index (χ4v) is 3.03. The van der Waals surface area contributed by atoms with Gasteiger partial charge in [-0.3, -0.25) is 0 Å². The molecule has 1 N–H and O–H groups in total. The highest BCUT2D eigenvalue weighted by Crippen LogP contribution is 2.39. The third kappa shape index (κ3) is 2.73. The van der Waals surface area contributed by atoms with Crippen LogP contribution < -0.4 is 5.32 Å². The first-order chi connectivity index (χ1) is 7.15. The quantitative estimate of drug-likeness (QED) is 0.746. The van der Waals surface area contributed by atoms with Crippen molar-refractivity contribution in [2.24, 2.45) is 17.3 Å². The maximum atomic E-state index is 3.52. The Morgan fingerprint density at radius 1 is 1.47 bits per heavy atom. The summed E-state index contributed by atoms with van der Waals surface area (Å²) in [4.78, 5) is 2.57. The summed E-state index contributed by atoms with van der Waals surface area (Å²) in [6.45, 7) is 9.80. The number of nitrogens with zero attached hydrogens (tertiary/aromatic N) is 1. The zero-order valence-electron chi connectivity index (χ0n) is 10.6. The van der Waals surface area contributed by atoms with E-state index in [1.54, 1.807) is 0 Å². The molecule has 0 aromatic rings. The summed E-state index contributed by atoms with van der Waals surface area (Å²) >= 11 is 0. The highest BCUT2D eigenvalue weighted by molar-refractivity contribution is 4.91. The lowest BCUT2D eigenvalue weighted by Crippen LogP contribution is -2.38. The lowest BCUT2D eigenvalue weighted by atomic mass is 9.84. The number of nitrogens with one attached hydrogen (secondary N) is 1. The van der Waals surface area contributed by atoms with Crippen molar-refractivity contribution in [3.63, 3.8) is 0 Å². The molecule has 1 saturated heterocycles. The van der Waals surface area contributed by atoms with Crippen LogP contribution in [0, 0.1) is 17.3 Å². The van der Waals surface area contributed by atoms with Gasteiger partial charge in [0, 0.05) is 19.6 Å². The molecular weight excluding hydrogens is 184 g/mol. The maximum absolute atomic E-state index is 3.52. The molecule has 0 spiro atoms. The van der Waals surface area contributed by atoms with Gasteiger partial charge in [0.1, 0.15) is 0 Å². The first-order valence-corrected chi connectivity index (χ1v) is 6.54. The second-order valence-electron chi connectivity index (χ2n) is 5.95. The van der Waals surface area contributed by atoms with Crippen molar-refractivity contribution in [3.05, 3.63) is 0 Å². The van der Waals surface area contributed by atoms with E-state index < -0.39 is 0 Å². The van der Waals surface area contributed by atoms with Crippen LogP contribution in [-0.2, 0) is 0 Å². The molecule has 3 unspecified atom stereocenters. The van der Waals surface area contributed by atoms with E-state index in [2.05, 4.69) is 31.1 Å². The molecule has 2 heteroatoms. The summed E-state index contributed by atoms with van der Waals surface area (Å²) in [5, 5.41) is 3.52. The van der Waals surface area contributed by atoms with Crippen molar-refractivity contribution >= 4 is 0 Å². The molecule has 0 aromatic heterocycles. The highest BCUT2D eigenvalue weighted by Gasteiger charge is 2.37. The van der Waals surface area contributed by atoms with Gasteiger partial charge in [0.15, 0.2) is 0 Å². The fraction of sp³-hybridized carbons (Fsp3) is 1.00. The van der Waals surface area contributed by atoms with Crippen LogP contribution in [0.15, 0.2) is 0 Å². The summed E-state index contributed by atoms with van der Waals surface area (Å²) in [5.74, 6) is 1.99. The van der Waals surface area contributed by atoms with Gasteiger partial charge in [-0.2, -0.15) is 0 Å². The minimum atomic E-state index is 0.576. The second-order valence-corrected chi connectivity index (χ2v) is 5.95. The lowest BCUT2D eigenvalue weighted by Gasteiger charge is -2.32. The Kier molecular flexibility index (Phi) is 3.36. The monoisotopic (exact) mass is 210 g/mol. The molecule has 2 fully saturated rings.